The van der Waals surface area contributed by atoms with Gasteiger partial charge in [-0.1, -0.05) is 6.08 Å². The summed E-state index contributed by atoms with van der Waals surface area (Å²) >= 11 is 0. The molecule has 0 bridgehead atoms. The average molecular weight is 333 g/mol. The monoisotopic (exact) mass is 333 g/mol. The molecule has 3 aromatic rings. The molecule has 3 heterocycles. The van der Waals surface area contributed by atoms with Gasteiger partial charge < -0.3 is 14.6 Å². The SMILES string of the molecule is COc1ccc(C(=O)N2CC=C(c3c[nH]c4cccnc34)CC2)cc1. The molecule has 0 saturated heterocycles. The first kappa shape index (κ1) is 15.4. The number of fused-ring (bicyclic) bond motifs is 1. The van der Waals surface area contributed by atoms with Gasteiger partial charge in [-0.25, -0.2) is 0 Å². The molecule has 0 saturated carbocycles. The molecule has 0 aliphatic carbocycles. The Labute approximate surface area is 145 Å². The van der Waals surface area contributed by atoms with Gasteiger partial charge in [-0.2, -0.15) is 0 Å². The number of methoxy groups -OCH3 is 1. The Balaban J connectivity index is 1.52. The summed E-state index contributed by atoms with van der Waals surface area (Å²) in [5.74, 6) is 0.805. The molecule has 1 N–H and O–H groups in total. The number of carbonyl (C=O) groups is 1. The summed E-state index contributed by atoms with van der Waals surface area (Å²) in [6.07, 6.45) is 6.76. The largest absolute Gasteiger partial charge is 0.497 e. The van der Waals surface area contributed by atoms with Crippen LogP contribution in [0.25, 0.3) is 16.6 Å². The molecule has 1 amide bonds. The highest BCUT2D eigenvalue weighted by Crippen LogP contribution is 2.28. The maximum absolute atomic E-state index is 12.6. The van der Waals surface area contributed by atoms with Crippen LogP contribution >= 0.6 is 0 Å². The smallest absolute Gasteiger partial charge is 0.254 e. The number of benzene rings is 1. The maximum atomic E-state index is 12.6. The summed E-state index contributed by atoms with van der Waals surface area (Å²) in [4.78, 5) is 22.2. The van der Waals surface area contributed by atoms with Crippen LogP contribution in [0.1, 0.15) is 22.3 Å². The van der Waals surface area contributed by atoms with E-state index < -0.39 is 0 Å². The van der Waals surface area contributed by atoms with E-state index in [1.54, 1.807) is 7.11 Å². The standard InChI is InChI=1S/C20H19N3O2/c1-25-16-6-4-15(5-7-16)20(24)23-11-8-14(9-12-23)17-13-22-18-3-2-10-21-19(17)18/h2-8,10,13,22H,9,11-12H2,1H3. The van der Waals surface area contributed by atoms with Crippen LogP contribution in [0.15, 0.2) is 54.9 Å². The van der Waals surface area contributed by atoms with Crippen molar-refractivity contribution >= 4 is 22.5 Å². The number of aromatic nitrogens is 2. The van der Waals surface area contributed by atoms with Gasteiger partial charge in [0.15, 0.2) is 0 Å². The lowest BCUT2D eigenvalue weighted by Gasteiger charge is -2.26. The van der Waals surface area contributed by atoms with Crippen molar-refractivity contribution in [1.82, 2.24) is 14.9 Å². The van der Waals surface area contributed by atoms with Crippen molar-refractivity contribution in [3.63, 3.8) is 0 Å². The minimum Gasteiger partial charge on any atom is -0.497 e. The predicted molar refractivity (Wildman–Crippen MR) is 97.6 cm³/mol. The molecular formula is C20H19N3O2. The first-order chi connectivity index (χ1) is 12.3. The average Bonchev–Trinajstić information content (AvgIpc) is 3.12. The Kier molecular flexibility index (Phi) is 3.98. The Morgan fingerprint density at radius 2 is 2.08 bits per heavy atom. The van der Waals surface area contributed by atoms with Crippen molar-refractivity contribution in [2.24, 2.45) is 0 Å². The van der Waals surface area contributed by atoms with Crippen molar-refractivity contribution in [3.8, 4) is 5.75 Å². The number of hydrogen-bond donors (Lipinski definition) is 1. The van der Waals surface area contributed by atoms with Gasteiger partial charge in [0.2, 0.25) is 0 Å². The van der Waals surface area contributed by atoms with E-state index in [-0.39, 0.29) is 5.91 Å². The molecule has 0 fully saturated rings. The summed E-state index contributed by atoms with van der Waals surface area (Å²) in [6.45, 7) is 1.32. The van der Waals surface area contributed by atoms with Crippen LogP contribution in [0.5, 0.6) is 5.75 Å². The van der Waals surface area contributed by atoms with E-state index >= 15 is 0 Å². The van der Waals surface area contributed by atoms with Crippen LogP contribution in [0.4, 0.5) is 0 Å². The number of carbonyl (C=O) groups excluding carboxylic acids is 1. The molecule has 0 atom stereocenters. The molecule has 0 radical (unpaired) electrons. The number of aromatic amines is 1. The number of nitrogens with zero attached hydrogens (tertiary/aromatic N) is 2. The van der Waals surface area contributed by atoms with Crippen LogP contribution in [-0.2, 0) is 0 Å². The second-order valence-corrected chi connectivity index (χ2v) is 6.06. The van der Waals surface area contributed by atoms with E-state index in [1.807, 2.05) is 53.7 Å². The predicted octanol–water partition coefficient (Wildman–Crippen LogP) is 3.50. The molecule has 25 heavy (non-hydrogen) atoms. The number of nitrogens with one attached hydrogen (secondary N) is 1. The van der Waals surface area contributed by atoms with Crippen molar-refractivity contribution in [2.75, 3.05) is 20.2 Å². The lowest BCUT2D eigenvalue weighted by atomic mass is 10.0. The van der Waals surface area contributed by atoms with Crippen molar-refractivity contribution in [3.05, 3.63) is 66.0 Å². The van der Waals surface area contributed by atoms with E-state index in [2.05, 4.69) is 16.0 Å². The molecule has 0 spiro atoms. The molecule has 2 aromatic heterocycles. The van der Waals surface area contributed by atoms with Crippen LogP contribution < -0.4 is 4.74 Å². The zero-order valence-corrected chi connectivity index (χ0v) is 14.0. The van der Waals surface area contributed by atoms with Gasteiger partial charge in [-0.05, 0) is 48.4 Å². The fourth-order valence-electron chi connectivity index (χ4n) is 3.21. The second kappa shape index (κ2) is 6.43. The molecule has 4 rings (SSSR count). The van der Waals surface area contributed by atoms with Crippen molar-refractivity contribution < 1.29 is 9.53 Å². The molecule has 5 nitrogen and oxygen atoms in total. The third-order valence-electron chi connectivity index (χ3n) is 4.61. The van der Waals surface area contributed by atoms with E-state index in [1.165, 1.54) is 5.57 Å². The molecule has 1 aromatic carbocycles. The number of hydrogen-bond acceptors (Lipinski definition) is 3. The van der Waals surface area contributed by atoms with E-state index in [9.17, 15) is 4.79 Å². The summed E-state index contributed by atoms with van der Waals surface area (Å²) in [6, 6.07) is 11.2. The van der Waals surface area contributed by atoms with Gasteiger partial charge >= 0.3 is 0 Å². The van der Waals surface area contributed by atoms with Crippen LogP contribution in [-0.4, -0.2) is 41.0 Å². The first-order valence-electron chi connectivity index (χ1n) is 8.31. The molecular weight excluding hydrogens is 314 g/mol. The van der Waals surface area contributed by atoms with Gasteiger partial charge in [0.05, 0.1) is 18.1 Å². The Bertz CT molecular complexity index is 941. The fraction of sp³-hybridized carbons (Fsp3) is 0.200. The van der Waals surface area contributed by atoms with Crippen LogP contribution in [0, 0.1) is 0 Å². The number of H-pyrrole nitrogens is 1. The topological polar surface area (TPSA) is 58.2 Å². The Morgan fingerprint density at radius 3 is 2.80 bits per heavy atom. The number of rotatable bonds is 3. The van der Waals surface area contributed by atoms with Crippen LogP contribution in [0.2, 0.25) is 0 Å². The van der Waals surface area contributed by atoms with Gasteiger partial charge in [0.25, 0.3) is 5.91 Å². The normalized spacial score (nSPS) is 14.4. The summed E-state index contributed by atoms with van der Waals surface area (Å²) in [7, 11) is 1.62. The minimum atomic E-state index is 0.0509. The summed E-state index contributed by atoms with van der Waals surface area (Å²) in [5, 5.41) is 0. The Morgan fingerprint density at radius 1 is 1.24 bits per heavy atom. The molecule has 5 heteroatoms. The summed E-state index contributed by atoms with van der Waals surface area (Å²) in [5.41, 5.74) is 5.08. The zero-order chi connectivity index (χ0) is 17.2. The molecule has 126 valence electrons. The third-order valence-corrected chi connectivity index (χ3v) is 4.61. The number of ether oxygens (including phenoxy) is 1. The molecule has 1 aliphatic heterocycles. The fourth-order valence-corrected chi connectivity index (χ4v) is 3.21. The Hall–Kier alpha value is -3.08. The number of pyridine rings is 1. The lowest BCUT2D eigenvalue weighted by molar-refractivity contribution is 0.0773. The summed E-state index contributed by atoms with van der Waals surface area (Å²) < 4.78 is 5.14. The third kappa shape index (κ3) is 2.89. The van der Waals surface area contributed by atoms with Gasteiger partial charge in [-0.15, -0.1) is 0 Å². The molecule has 0 unspecified atom stereocenters. The maximum Gasteiger partial charge on any atom is 0.254 e. The minimum absolute atomic E-state index is 0.0509. The van der Waals surface area contributed by atoms with Gasteiger partial charge in [-0.3, -0.25) is 9.78 Å². The van der Waals surface area contributed by atoms with E-state index in [4.69, 9.17) is 4.74 Å². The zero-order valence-electron chi connectivity index (χ0n) is 14.0. The highest BCUT2D eigenvalue weighted by molar-refractivity contribution is 5.95. The van der Waals surface area contributed by atoms with Gasteiger partial charge in [0.1, 0.15) is 5.75 Å². The molecule has 1 aliphatic rings. The first-order valence-corrected chi connectivity index (χ1v) is 8.31. The van der Waals surface area contributed by atoms with Gasteiger partial charge in [0, 0.05) is 36.6 Å². The van der Waals surface area contributed by atoms with E-state index in [0.29, 0.717) is 18.7 Å². The van der Waals surface area contributed by atoms with Crippen molar-refractivity contribution in [2.45, 2.75) is 6.42 Å². The van der Waals surface area contributed by atoms with Crippen molar-refractivity contribution in [1.29, 1.82) is 0 Å². The van der Waals surface area contributed by atoms with Crippen LogP contribution in [0.3, 0.4) is 0 Å². The highest BCUT2D eigenvalue weighted by Gasteiger charge is 2.20. The number of amides is 1. The quantitative estimate of drug-likeness (QED) is 0.798. The second-order valence-electron chi connectivity index (χ2n) is 6.06. The van der Waals surface area contributed by atoms with E-state index in [0.717, 1.165) is 28.8 Å². The highest BCUT2D eigenvalue weighted by atomic mass is 16.5. The lowest BCUT2D eigenvalue weighted by Crippen LogP contribution is -2.34.